The Bertz CT molecular complexity index is 963. The summed E-state index contributed by atoms with van der Waals surface area (Å²) in [6, 6.07) is 6.86. The fourth-order valence-electron chi connectivity index (χ4n) is 2.38. The largest absolute Gasteiger partial charge is 0.441 e. The summed E-state index contributed by atoms with van der Waals surface area (Å²) in [6.45, 7) is 6.82. The van der Waals surface area contributed by atoms with E-state index >= 15 is 0 Å². The van der Waals surface area contributed by atoms with Gasteiger partial charge in [0.05, 0.1) is 5.69 Å². The first kappa shape index (κ1) is 16.3. The topological polar surface area (TPSA) is 98.2 Å². The van der Waals surface area contributed by atoms with Crippen LogP contribution in [0.1, 0.15) is 22.9 Å². The molecule has 1 N–H and O–H groups in total. The van der Waals surface area contributed by atoms with Crippen molar-refractivity contribution in [1.82, 2.24) is 10.1 Å². The minimum absolute atomic E-state index is 0.0516. The van der Waals surface area contributed by atoms with Crippen LogP contribution in [-0.2, 0) is 10.0 Å². The molecule has 8 heteroatoms. The smallest absolute Gasteiger partial charge is 0.267 e. The molecule has 0 amide bonds. The summed E-state index contributed by atoms with van der Waals surface area (Å²) in [5, 5.41) is 3.68. The van der Waals surface area contributed by atoms with Crippen molar-refractivity contribution < 1.29 is 17.4 Å². The average Bonchev–Trinajstić information content (AvgIpc) is 3.02. The average molecular weight is 347 g/mol. The van der Waals surface area contributed by atoms with E-state index in [1.807, 2.05) is 13.8 Å². The molecule has 0 bridgehead atoms. The third-order valence-corrected chi connectivity index (χ3v) is 5.25. The molecule has 126 valence electrons. The molecule has 0 aliphatic carbocycles. The number of hydrogen-bond acceptors (Lipinski definition) is 6. The first-order chi connectivity index (χ1) is 11.3. The van der Waals surface area contributed by atoms with E-state index in [-0.39, 0.29) is 10.7 Å². The van der Waals surface area contributed by atoms with Crippen LogP contribution in [0.15, 0.2) is 38.1 Å². The Morgan fingerprint density at radius 3 is 2.38 bits per heavy atom. The molecule has 1 aromatic carbocycles. The Labute approximate surface area is 139 Å². The van der Waals surface area contributed by atoms with Gasteiger partial charge in [-0.05, 0) is 45.9 Å². The summed E-state index contributed by atoms with van der Waals surface area (Å²) in [5.41, 5.74) is 2.20. The maximum atomic E-state index is 12.6. The summed E-state index contributed by atoms with van der Waals surface area (Å²) < 4.78 is 38.2. The number of nitrogens with one attached hydrogen (secondary N) is 1. The highest BCUT2D eigenvalue weighted by atomic mass is 32.2. The van der Waals surface area contributed by atoms with Gasteiger partial charge in [0.25, 0.3) is 10.0 Å². The number of aryl methyl sites for hydroxylation is 4. The highest BCUT2D eigenvalue weighted by molar-refractivity contribution is 7.92. The van der Waals surface area contributed by atoms with Crippen LogP contribution < -0.4 is 4.72 Å². The summed E-state index contributed by atoms with van der Waals surface area (Å²) in [4.78, 5) is 4.38. The van der Waals surface area contributed by atoms with Crippen LogP contribution >= 0.6 is 0 Å². The molecule has 3 aromatic rings. The fraction of sp³-hybridized carbons (Fsp3) is 0.250. The predicted octanol–water partition coefficient (Wildman–Crippen LogP) is 3.36. The molecular formula is C16H17N3O4S. The Hall–Kier alpha value is -2.61. The third kappa shape index (κ3) is 2.92. The zero-order valence-electron chi connectivity index (χ0n) is 13.7. The van der Waals surface area contributed by atoms with Crippen molar-refractivity contribution >= 4 is 15.7 Å². The van der Waals surface area contributed by atoms with Gasteiger partial charge in [0, 0.05) is 11.3 Å². The molecule has 7 nitrogen and oxygen atoms in total. The number of sulfonamides is 1. The number of hydrogen-bond donors (Lipinski definition) is 1. The van der Waals surface area contributed by atoms with Crippen molar-refractivity contribution in [2.24, 2.45) is 0 Å². The molecule has 0 atom stereocenters. The van der Waals surface area contributed by atoms with E-state index in [4.69, 9.17) is 8.94 Å². The molecule has 2 heterocycles. The molecule has 24 heavy (non-hydrogen) atoms. The van der Waals surface area contributed by atoms with Crippen LogP contribution in [0.2, 0.25) is 0 Å². The standard InChI is InChI=1S/C16H17N3O4S/c1-9-11(3)22-16(17-9)13-6-5-7-14(8-13)19-24(20,21)15-10(2)18-23-12(15)4/h5-8,19H,1-4H3. The molecule has 2 aromatic heterocycles. The van der Waals surface area contributed by atoms with Crippen molar-refractivity contribution in [1.29, 1.82) is 0 Å². The number of rotatable bonds is 4. The number of aromatic nitrogens is 2. The third-order valence-electron chi connectivity index (χ3n) is 3.63. The van der Waals surface area contributed by atoms with Crippen LogP contribution in [0.25, 0.3) is 11.5 Å². The van der Waals surface area contributed by atoms with Crippen LogP contribution in [-0.4, -0.2) is 18.6 Å². The summed E-state index contributed by atoms with van der Waals surface area (Å²) in [6.07, 6.45) is 0. The highest BCUT2D eigenvalue weighted by Gasteiger charge is 2.24. The van der Waals surface area contributed by atoms with Gasteiger partial charge in [0.1, 0.15) is 11.5 Å². The molecule has 0 unspecified atom stereocenters. The maximum Gasteiger partial charge on any atom is 0.267 e. The van der Waals surface area contributed by atoms with Crippen molar-refractivity contribution in [2.45, 2.75) is 32.6 Å². The van der Waals surface area contributed by atoms with E-state index in [1.165, 1.54) is 0 Å². The normalized spacial score (nSPS) is 11.7. The molecule has 0 saturated carbocycles. The van der Waals surface area contributed by atoms with Gasteiger partial charge in [0.15, 0.2) is 10.7 Å². The van der Waals surface area contributed by atoms with Gasteiger partial charge in [-0.3, -0.25) is 4.72 Å². The molecule has 0 spiro atoms. The Morgan fingerprint density at radius 2 is 1.79 bits per heavy atom. The van der Waals surface area contributed by atoms with Crippen LogP contribution in [0.3, 0.4) is 0 Å². The second-order valence-corrected chi connectivity index (χ2v) is 7.12. The maximum absolute atomic E-state index is 12.6. The van der Waals surface area contributed by atoms with Gasteiger partial charge >= 0.3 is 0 Å². The SMILES string of the molecule is Cc1nc(-c2cccc(NS(=O)(=O)c3c(C)noc3C)c2)oc1C. The van der Waals surface area contributed by atoms with E-state index in [9.17, 15) is 8.42 Å². The first-order valence-electron chi connectivity index (χ1n) is 7.28. The Balaban J connectivity index is 1.95. The van der Waals surface area contributed by atoms with Crippen molar-refractivity contribution in [3.05, 3.63) is 47.2 Å². The van der Waals surface area contributed by atoms with Gasteiger partial charge < -0.3 is 8.94 Å². The van der Waals surface area contributed by atoms with E-state index in [2.05, 4.69) is 14.9 Å². The first-order valence-corrected chi connectivity index (χ1v) is 8.76. The molecule has 3 rings (SSSR count). The van der Waals surface area contributed by atoms with E-state index < -0.39 is 10.0 Å². The van der Waals surface area contributed by atoms with Crippen LogP contribution in [0, 0.1) is 27.7 Å². The van der Waals surface area contributed by atoms with Gasteiger partial charge in [-0.25, -0.2) is 13.4 Å². The number of anilines is 1. The molecule has 0 saturated heterocycles. The predicted molar refractivity (Wildman–Crippen MR) is 88.2 cm³/mol. The minimum Gasteiger partial charge on any atom is -0.441 e. The Kier molecular flexibility index (Phi) is 3.92. The monoisotopic (exact) mass is 347 g/mol. The quantitative estimate of drug-likeness (QED) is 0.777. The van der Waals surface area contributed by atoms with Crippen molar-refractivity contribution in [2.75, 3.05) is 4.72 Å². The lowest BCUT2D eigenvalue weighted by Gasteiger charge is -2.08. The molecule has 0 aliphatic heterocycles. The molecule has 0 radical (unpaired) electrons. The highest BCUT2D eigenvalue weighted by Crippen LogP contribution is 2.26. The summed E-state index contributed by atoms with van der Waals surface area (Å²) in [5.74, 6) is 1.42. The second kappa shape index (κ2) is 5.79. The van der Waals surface area contributed by atoms with Gasteiger partial charge in [-0.2, -0.15) is 0 Å². The van der Waals surface area contributed by atoms with Gasteiger partial charge in [-0.15, -0.1) is 0 Å². The molecule has 0 fully saturated rings. The zero-order valence-corrected chi connectivity index (χ0v) is 14.6. The fourth-order valence-corrected chi connectivity index (χ4v) is 3.76. The lowest BCUT2D eigenvalue weighted by molar-refractivity contribution is 0.390. The summed E-state index contributed by atoms with van der Waals surface area (Å²) in [7, 11) is -3.79. The number of oxazole rings is 1. The van der Waals surface area contributed by atoms with Crippen molar-refractivity contribution in [3.8, 4) is 11.5 Å². The second-order valence-electron chi connectivity index (χ2n) is 5.50. The van der Waals surface area contributed by atoms with E-state index in [0.717, 1.165) is 11.5 Å². The van der Waals surface area contributed by atoms with Crippen molar-refractivity contribution in [3.63, 3.8) is 0 Å². The number of benzene rings is 1. The zero-order chi connectivity index (χ0) is 17.5. The van der Waals surface area contributed by atoms with E-state index in [0.29, 0.717) is 22.8 Å². The number of nitrogens with zero attached hydrogens (tertiary/aromatic N) is 2. The minimum atomic E-state index is -3.79. The van der Waals surface area contributed by atoms with E-state index in [1.54, 1.807) is 38.1 Å². The lowest BCUT2D eigenvalue weighted by atomic mass is 10.2. The van der Waals surface area contributed by atoms with Gasteiger partial charge in [-0.1, -0.05) is 11.2 Å². The van der Waals surface area contributed by atoms with Gasteiger partial charge in [0.2, 0.25) is 5.89 Å². The Morgan fingerprint density at radius 1 is 1.04 bits per heavy atom. The summed E-state index contributed by atoms with van der Waals surface area (Å²) >= 11 is 0. The molecule has 0 aliphatic rings. The van der Waals surface area contributed by atoms with Crippen LogP contribution in [0.5, 0.6) is 0 Å². The van der Waals surface area contributed by atoms with Crippen LogP contribution in [0.4, 0.5) is 5.69 Å². The molecular weight excluding hydrogens is 330 g/mol. The lowest BCUT2D eigenvalue weighted by Crippen LogP contribution is -2.14.